The van der Waals surface area contributed by atoms with E-state index in [1.165, 1.54) is 80.3 Å². The second-order valence-corrected chi connectivity index (χ2v) is 14.5. The minimum atomic E-state index is -0.964. The van der Waals surface area contributed by atoms with Gasteiger partial charge in [0.05, 0.1) is 24.3 Å². The Morgan fingerprint density at radius 2 is 0.719 bits per heavy atom. The fourth-order valence-corrected chi connectivity index (χ4v) is 6.02. The summed E-state index contributed by atoms with van der Waals surface area (Å²) in [6.45, 7) is 9.43. The van der Waals surface area contributed by atoms with Gasteiger partial charge in [-0.15, -0.1) is 0 Å². The Bertz CT molecular complexity index is 1860. The van der Waals surface area contributed by atoms with Gasteiger partial charge in [0, 0.05) is 11.1 Å². The Labute approximate surface area is 340 Å². The summed E-state index contributed by atoms with van der Waals surface area (Å²) in [5.41, 5.74) is 4.22. The molecular formula is C51H62F4O2. The SMILES string of the molecule is CCCCCCOc1ccc(C#Cc2ccc(CCCCC)cc2)c(F)c1F.CCCCCCOc1ccc(C#Cc2ccc(CCCCCC)cc2)c(F)c1F. The molecule has 57 heavy (non-hydrogen) atoms. The van der Waals surface area contributed by atoms with Crippen LogP contribution in [0.1, 0.15) is 157 Å². The van der Waals surface area contributed by atoms with Gasteiger partial charge in [-0.05, 0) is 98.2 Å². The third-order valence-corrected chi connectivity index (χ3v) is 9.58. The molecule has 4 aromatic rings. The summed E-state index contributed by atoms with van der Waals surface area (Å²) in [6, 6.07) is 21.8. The topological polar surface area (TPSA) is 18.5 Å². The van der Waals surface area contributed by atoms with Crippen molar-refractivity contribution >= 4 is 0 Å². The lowest BCUT2D eigenvalue weighted by Crippen LogP contribution is -2.01. The zero-order chi connectivity index (χ0) is 41.1. The predicted octanol–water partition coefficient (Wildman–Crippen LogP) is 14.5. The average Bonchev–Trinajstić information content (AvgIpc) is 3.23. The van der Waals surface area contributed by atoms with E-state index in [1.54, 1.807) is 0 Å². The van der Waals surface area contributed by atoms with Gasteiger partial charge in [0.25, 0.3) is 0 Å². The minimum absolute atomic E-state index is 0.0443. The maximum Gasteiger partial charge on any atom is 0.201 e. The summed E-state index contributed by atoms with van der Waals surface area (Å²) in [7, 11) is 0. The largest absolute Gasteiger partial charge is 0.490 e. The van der Waals surface area contributed by atoms with Crippen LogP contribution in [0.25, 0.3) is 0 Å². The van der Waals surface area contributed by atoms with Crippen LogP contribution in [0.4, 0.5) is 17.6 Å². The molecule has 4 aromatic carbocycles. The monoisotopic (exact) mass is 782 g/mol. The molecule has 306 valence electrons. The first-order valence-corrected chi connectivity index (χ1v) is 21.2. The van der Waals surface area contributed by atoms with Crippen molar-refractivity contribution in [3.63, 3.8) is 0 Å². The molecule has 0 aliphatic rings. The molecule has 0 N–H and O–H groups in total. The third-order valence-electron chi connectivity index (χ3n) is 9.58. The van der Waals surface area contributed by atoms with E-state index in [2.05, 4.69) is 63.5 Å². The Hall–Kier alpha value is -4.68. The van der Waals surface area contributed by atoms with Crippen LogP contribution in [-0.2, 0) is 12.8 Å². The van der Waals surface area contributed by atoms with Crippen LogP contribution < -0.4 is 9.47 Å². The number of aryl methyl sites for hydroxylation is 2. The van der Waals surface area contributed by atoms with E-state index >= 15 is 0 Å². The van der Waals surface area contributed by atoms with Gasteiger partial charge in [-0.2, -0.15) is 8.78 Å². The summed E-state index contributed by atoms with van der Waals surface area (Å²) < 4.78 is 67.7. The predicted molar refractivity (Wildman–Crippen MR) is 228 cm³/mol. The van der Waals surface area contributed by atoms with Gasteiger partial charge < -0.3 is 9.47 Å². The van der Waals surface area contributed by atoms with Gasteiger partial charge in [-0.1, -0.05) is 146 Å². The van der Waals surface area contributed by atoms with Crippen molar-refractivity contribution in [2.75, 3.05) is 13.2 Å². The fraction of sp³-hybridized carbons (Fsp3) is 0.451. The van der Waals surface area contributed by atoms with Crippen molar-refractivity contribution in [2.24, 2.45) is 0 Å². The first-order valence-electron chi connectivity index (χ1n) is 21.2. The lowest BCUT2D eigenvalue weighted by Gasteiger charge is -2.08. The minimum Gasteiger partial charge on any atom is -0.490 e. The van der Waals surface area contributed by atoms with E-state index in [0.717, 1.165) is 75.3 Å². The van der Waals surface area contributed by atoms with Gasteiger partial charge in [0.2, 0.25) is 11.6 Å². The summed E-state index contributed by atoms with van der Waals surface area (Å²) in [4.78, 5) is 0. The molecule has 0 aromatic heterocycles. The standard InChI is InChI=1S/C26H32F2O.C25H30F2O/c1-3-5-7-9-11-21-12-14-22(15-13-21)16-17-23-18-19-24(26(28)25(23)27)29-20-10-8-6-4-2;1-3-5-7-9-19-28-23-18-17-22(24(26)25(23)27)16-15-21-13-11-20(12-14-21)10-8-6-4-2/h12-15,18-19H,3-11,20H2,1-2H3;11-14,17-18H,3-10,19H2,1-2H3. The van der Waals surface area contributed by atoms with Crippen molar-refractivity contribution in [3.05, 3.63) is 129 Å². The van der Waals surface area contributed by atoms with Gasteiger partial charge in [-0.3, -0.25) is 0 Å². The fourth-order valence-electron chi connectivity index (χ4n) is 6.02. The highest BCUT2D eigenvalue weighted by molar-refractivity contribution is 5.47. The van der Waals surface area contributed by atoms with Crippen LogP contribution in [0, 0.1) is 47.0 Å². The van der Waals surface area contributed by atoms with Crippen LogP contribution >= 0.6 is 0 Å². The zero-order valence-corrected chi connectivity index (χ0v) is 34.7. The van der Waals surface area contributed by atoms with E-state index in [4.69, 9.17) is 9.47 Å². The number of benzene rings is 4. The number of hydrogen-bond acceptors (Lipinski definition) is 2. The molecule has 0 aliphatic heterocycles. The smallest absolute Gasteiger partial charge is 0.201 e. The van der Waals surface area contributed by atoms with Gasteiger partial charge in [0.15, 0.2) is 23.1 Å². The molecule has 0 atom stereocenters. The molecule has 2 nitrogen and oxygen atoms in total. The van der Waals surface area contributed by atoms with Crippen molar-refractivity contribution in [1.82, 2.24) is 0 Å². The van der Waals surface area contributed by atoms with Crippen LogP contribution in [0.5, 0.6) is 11.5 Å². The highest BCUT2D eigenvalue weighted by Crippen LogP contribution is 2.24. The molecule has 4 rings (SSSR count). The molecule has 0 bridgehead atoms. The molecule has 0 saturated carbocycles. The summed E-state index contributed by atoms with van der Waals surface area (Å²) in [6.07, 6.45) is 18.9. The highest BCUT2D eigenvalue weighted by Gasteiger charge is 2.14. The Kier molecular flexibility index (Phi) is 22.8. The molecule has 0 aliphatic carbocycles. The number of halogens is 4. The lowest BCUT2D eigenvalue weighted by molar-refractivity contribution is 0.285. The quantitative estimate of drug-likeness (QED) is 0.0476. The second kappa shape index (κ2) is 27.8. The molecule has 0 fully saturated rings. The van der Waals surface area contributed by atoms with Gasteiger partial charge >= 0.3 is 0 Å². The molecular weight excluding hydrogens is 721 g/mol. The van der Waals surface area contributed by atoms with E-state index < -0.39 is 23.3 Å². The van der Waals surface area contributed by atoms with Crippen molar-refractivity contribution < 1.29 is 27.0 Å². The molecule has 0 spiro atoms. The average molecular weight is 783 g/mol. The molecule has 0 radical (unpaired) electrons. The number of unbranched alkanes of at least 4 members (excludes halogenated alkanes) is 11. The summed E-state index contributed by atoms with van der Waals surface area (Å²) in [5, 5.41) is 0. The normalized spacial score (nSPS) is 10.5. The molecule has 0 heterocycles. The number of ether oxygens (including phenoxy) is 2. The first-order chi connectivity index (χ1) is 27.8. The maximum atomic E-state index is 14.3. The lowest BCUT2D eigenvalue weighted by atomic mass is 10.0. The molecule has 0 saturated heterocycles. The highest BCUT2D eigenvalue weighted by atomic mass is 19.2. The molecule has 0 amide bonds. The zero-order valence-electron chi connectivity index (χ0n) is 34.7. The summed E-state index contributed by atoms with van der Waals surface area (Å²) >= 11 is 0. The van der Waals surface area contributed by atoms with E-state index in [1.807, 2.05) is 36.4 Å². The van der Waals surface area contributed by atoms with Crippen molar-refractivity contribution in [1.29, 1.82) is 0 Å². The van der Waals surface area contributed by atoms with E-state index in [0.29, 0.717) is 13.2 Å². The van der Waals surface area contributed by atoms with Crippen LogP contribution in [0.15, 0.2) is 72.8 Å². The number of hydrogen-bond donors (Lipinski definition) is 0. The van der Waals surface area contributed by atoms with E-state index in [-0.39, 0.29) is 22.6 Å². The van der Waals surface area contributed by atoms with E-state index in [9.17, 15) is 17.6 Å². The maximum absolute atomic E-state index is 14.3. The van der Waals surface area contributed by atoms with Crippen LogP contribution in [-0.4, -0.2) is 13.2 Å². The Morgan fingerprint density at radius 1 is 0.368 bits per heavy atom. The number of rotatable bonds is 21. The van der Waals surface area contributed by atoms with Crippen LogP contribution in [0.2, 0.25) is 0 Å². The van der Waals surface area contributed by atoms with Crippen LogP contribution in [0.3, 0.4) is 0 Å². The molecule has 0 unspecified atom stereocenters. The van der Waals surface area contributed by atoms with Crippen molar-refractivity contribution in [2.45, 2.75) is 137 Å². The van der Waals surface area contributed by atoms with Gasteiger partial charge in [0.1, 0.15) is 0 Å². The first kappa shape index (κ1) is 46.7. The summed E-state index contributed by atoms with van der Waals surface area (Å²) in [5.74, 6) is 7.39. The second-order valence-electron chi connectivity index (χ2n) is 14.5. The van der Waals surface area contributed by atoms with Crippen molar-refractivity contribution in [3.8, 4) is 35.2 Å². The third kappa shape index (κ3) is 17.6. The van der Waals surface area contributed by atoms with Gasteiger partial charge in [-0.25, -0.2) is 8.78 Å². The Balaban J connectivity index is 0.000000306. The Morgan fingerprint density at radius 3 is 1.11 bits per heavy atom. The molecule has 6 heteroatoms.